The number of pyridine rings is 1. The summed E-state index contributed by atoms with van der Waals surface area (Å²) < 4.78 is 0. The number of nitrogens with one attached hydrogen (secondary N) is 1. The van der Waals surface area contributed by atoms with Crippen molar-refractivity contribution in [3.05, 3.63) is 95.3 Å². The molecule has 1 spiro atoms. The molecule has 2 amide bonds. The first kappa shape index (κ1) is 22.8. The van der Waals surface area contributed by atoms with Gasteiger partial charge in [0.15, 0.2) is 0 Å². The van der Waals surface area contributed by atoms with Crippen LogP contribution in [0.25, 0.3) is 0 Å². The van der Waals surface area contributed by atoms with Gasteiger partial charge in [0, 0.05) is 55.4 Å². The van der Waals surface area contributed by atoms with E-state index in [1.54, 1.807) is 0 Å². The average Bonchev–Trinajstić information content (AvgIpc) is 3.53. The van der Waals surface area contributed by atoms with Crippen molar-refractivity contribution in [2.45, 2.75) is 38.1 Å². The Labute approximate surface area is 212 Å². The second-order valence-electron chi connectivity index (χ2n) is 10.5. The zero-order chi connectivity index (χ0) is 24.5. The topological polar surface area (TPSA) is 65.5 Å². The molecule has 0 saturated carbocycles. The van der Waals surface area contributed by atoms with Crippen LogP contribution < -0.4 is 10.2 Å². The third-order valence-electron chi connectivity index (χ3n) is 8.39. The summed E-state index contributed by atoms with van der Waals surface area (Å²) in [5.74, 6) is 0.0916. The van der Waals surface area contributed by atoms with Crippen LogP contribution in [0.1, 0.15) is 63.6 Å². The summed E-state index contributed by atoms with van der Waals surface area (Å²) in [5, 5.41) is 3.17. The number of rotatable bonds is 4. The number of carbonyl (C=O) groups excluding carboxylic acids is 2. The molecule has 1 N–H and O–H groups in total. The predicted molar refractivity (Wildman–Crippen MR) is 140 cm³/mol. The fourth-order valence-electron chi connectivity index (χ4n) is 6.22. The first-order chi connectivity index (χ1) is 17.6. The number of hydrogen-bond donors (Lipinski definition) is 1. The molecule has 2 aliphatic heterocycles. The van der Waals surface area contributed by atoms with E-state index in [2.05, 4.69) is 38.3 Å². The van der Waals surface area contributed by atoms with E-state index in [4.69, 9.17) is 0 Å². The third-order valence-corrected chi connectivity index (χ3v) is 8.39. The lowest BCUT2D eigenvalue weighted by Gasteiger charge is -2.40. The first-order valence-corrected chi connectivity index (χ1v) is 13.0. The molecule has 0 unspecified atom stereocenters. The maximum atomic E-state index is 13.4. The van der Waals surface area contributed by atoms with Crippen LogP contribution >= 0.6 is 0 Å². The highest BCUT2D eigenvalue weighted by Gasteiger charge is 2.42. The SMILES string of the molecule is O=C(N[C@@H]1CCc2cc(C(=O)N3CCC4(CCN(c5ccncc5)CC4)C3)ccc21)c1ccccc1. The van der Waals surface area contributed by atoms with Crippen molar-refractivity contribution in [2.24, 2.45) is 5.41 Å². The normalized spacial score (nSPS) is 20.4. The second kappa shape index (κ2) is 9.41. The molecule has 1 aromatic heterocycles. The van der Waals surface area contributed by atoms with E-state index in [0.717, 1.165) is 69.4 Å². The monoisotopic (exact) mass is 480 g/mol. The lowest BCUT2D eigenvalue weighted by molar-refractivity contribution is 0.0764. The fourth-order valence-corrected chi connectivity index (χ4v) is 6.22. The van der Waals surface area contributed by atoms with Crippen molar-refractivity contribution in [3.63, 3.8) is 0 Å². The van der Waals surface area contributed by atoms with Crippen LogP contribution in [-0.2, 0) is 6.42 Å². The minimum atomic E-state index is -0.0500. The van der Waals surface area contributed by atoms with Gasteiger partial charge in [-0.25, -0.2) is 0 Å². The van der Waals surface area contributed by atoms with Crippen LogP contribution in [-0.4, -0.2) is 47.9 Å². The maximum absolute atomic E-state index is 13.4. The highest BCUT2D eigenvalue weighted by atomic mass is 16.2. The van der Waals surface area contributed by atoms with E-state index in [1.807, 2.05) is 54.9 Å². The predicted octanol–water partition coefficient (Wildman–Crippen LogP) is 4.63. The van der Waals surface area contributed by atoms with Crippen molar-refractivity contribution in [1.29, 1.82) is 0 Å². The van der Waals surface area contributed by atoms with Crippen LogP contribution in [0, 0.1) is 5.41 Å². The minimum absolute atomic E-state index is 0.00232. The number of aromatic nitrogens is 1. The van der Waals surface area contributed by atoms with Crippen molar-refractivity contribution in [1.82, 2.24) is 15.2 Å². The molecule has 2 aromatic carbocycles. The van der Waals surface area contributed by atoms with Gasteiger partial charge in [0.1, 0.15) is 0 Å². The minimum Gasteiger partial charge on any atom is -0.371 e. The number of benzene rings is 2. The largest absolute Gasteiger partial charge is 0.371 e. The molecule has 184 valence electrons. The summed E-state index contributed by atoms with van der Waals surface area (Å²) in [7, 11) is 0. The number of carbonyl (C=O) groups is 2. The van der Waals surface area contributed by atoms with Gasteiger partial charge in [-0.15, -0.1) is 0 Å². The molecule has 3 aromatic rings. The Bertz CT molecular complexity index is 1250. The summed E-state index contributed by atoms with van der Waals surface area (Å²) in [4.78, 5) is 34.7. The van der Waals surface area contributed by atoms with Crippen LogP contribution in [0.2, 0.25) is 0 Å². The van der Waals surface area contributed by atoms with Crippen molar-refractivity contribution in [2.75, 3.05) is 31.1 Å². The van der Waals surface area contributed by atoms with Crippen LogP contribution in [0.5, 0.6) is 0 Å². The number of amides is 2. The third kappa shape index (κ3) is 4.36. The Hall–Kier alpha value is -3.67. The molecule has 1 atom stereocenters. The Morgan fingerprint density at radius 3 is 2.42 bits per heavy atom. The molecule has 0 bridgehead atoms. The Balaban J connectivity index is 1.09. The average molecular weight is 481 g/mol. The first-order valence-electron chi connectivity index (χ1n) is 13.0. The van der Waals surface area contributed by atoms with E-state index < -0.39 is 0 Å². The van der Waals surface area contributed by atoms with Gasteiger partial charge in [-0.2, -0.15) is 0 Å². The Kier molecular flexibility index (Phi) is 5.96. The summed E-state index contributed by atoms with van der Waals surface area (Å²) >= 11 is 0. The number of anilines is 1. The van der Waals surface area contributed by atoms with Gasteiger partial charge >= 0.3 is 0 Å². The van der Waals surface area contributed by atoms with Gasteiger partial charge in [-0.1, -0.05) is 24.3 Å². The van der Waals surface area contributed by atoms with Crippen molar-refractivity contribution in [3.8, 4) is 0 Å². The standard InChI is InChI=1S/C30H32N4O2/c35-28(22-4-2-1-3-5-22)32-27-9-7-23-20-24(6-8-26(23)27)29(36)34-19-14-30(21-34)12-17-33(18-13-30)25-10-15-31-16-11-25/h1-6,8,10-11,15-16,20,27H,7,9,12-14,17-19,21H2,(H,32,35)/t27-/m1/s1. The molecule has 2 saturated heterocycles. The number of aryl methyl sites for hydroxylation is 1. The van der Waals surface area contributed by atoms with E-state index >= 15 is 0 Å². The highest BCUT2D eigenvalue weighted by Crippen LogP contribution is 2.42. The quantitative estimate of drug-likeness (QED) is 0.591. The number of fused-ring (bicyclic) bond motifs is 1. The molecule has 6 rings (SSSR count). The number of nitrogens with zero attached hydrogens (tertiary/aromatic N) is 3. The molecule has 6 nitrogen and oxygen atoms in total. The lowest BCUT2D eigenvalue weighted by Crippen LogP contribution is -2.42. The van der Waals surface area contributed by atoms with E-state index in [-0.39, 0.29) is 23.3 Å². The second-order valence-corrected chi connectivity index (χ2v) is 10.5. The number of piperidine rings is 1. The fraction of sp³-hybridized carbons (Fsp3) is 0.367. The molecule has 3 aliphatic rings. The number of likely N-dealkylation sites (tertiary alicyclic amines) is 1. The molecule has 1 aliphatic carbocycles. The molecule has 6 heteroatoms. The molecule has 36 heavy (non-hydrogen) atoms. The zero-order valence-electron chi connectivity index (χ0n) is 20.5. The molecule has 0 radical (unpaired) electrons. The number of hydrogen-bond acceptors (Lipinski definition) is 4. The van der Waals surface area contributed by atoms with Crippen LogP contribution in [0.4, 0.5) is 5.69 Å². The molecular formula is C30H32N4O2. The molecular weight excluding hydrogens is 448 g/mol. The smallest absolute Gasteiger partial charge is 0.253 e. The van der Waals surface area contributed by atoms with E-state index in [1.165, 1.54) is 11.3 Å². The summed E-state index contributed by atoms with van der Waals surface area (Å²) in [6, 6.07) is 19.5. The van der Waals surface area contributed by atoms with Gasteiger partial charge in [-0.3, -0.25) is 14.6 Å². The van der Waals surface area contributed by atoms with Gasteiger partial charge in [0.05, 0.1) is 6.04 Å². The molecule has 2 fully saturated rings. The highest BCUT2D eigenvalue weighted by molar-refractivity contribution is 5.95. The summed E-state index contributed by atoms with van der Waals surface area (Å²) in [6.45, 7) is 3.74. The lowest BCUT2D eigenvalue weighted by atomic mass is 9.77. The zero-order valence-corrected chi connectivity index (χ0v) is 20.5. The van der Waals surface area contributed by atoms with Crippen LogP contribution in [0.3, 0.4) is 0 Å². The molecule has 3 heterocycles. The summed E-state index contributed by atoms with van der Waals surface area (Å²) in [6.07, 6.45) is 8.77. The van der Waals surface area contributed by atoms with E-state index in [0.29, 0.717) is 5.56 Å². The maximum Gasteiger partial charge on any atom is 0.253 e. The van der Waals surface area contributed by atoms with Gasteiger partial charge in [-0.05, 0) is 85.0 Å². The van der Waals surface area contributed by atoms with Gasteiger partial charge < -0.3 is 15.1 Å². The van der Waals surface area contributed by atoms with Crippen molar-refractivity contribution >= 4 is 17.5 Å². The summed E-state index contributed by atoms with van der Waals surface area (Å²) in [5.41, 5.74) is 5.24. The van der Waals surface area contributed by atoms with Gasteiger partial charge in [0.25, 0.3) is 11.8 Å². The van der Waals surface area contributed by atoms with E-state index in [9.17, 15) is 9.59 Å². The van der Waals surface area contributed by atoms with Crippen LogP contribution in [0.15, 0.2) is 73.1 Å². The Morgan fingerprint density at radius 1 is 0.889 bits per heavy atom. The van der Waals surface area contributed by atoms with Gasteiger partial charge in [0.2, 0.25) is 0 Å². The van der Waals surface area contributed by atoms with Crippen molar-refractivity contribution < 1.29 is 9.59 Å². The Morgan fingerprint density at radius 2 is 1.64 bits per heavy atom.